The number of anilines is 2. The number of piperidine rings is 1. The standard InChI is InChI=1S/C24H26N4O2/c1-17-8-10-18(11-9-17)20-14-25-24(26-15-20)28-12-4-5-19(16-28)23(29)27-21-6-3-7-22(13-21)30-2/h3,6-11,13-15,19H,4-5,12,16H2,1-2H3,(H,27,29)/t19-/m0/s1. The van der Waals surface area contributed by atoms with E-state index in [0.717, 1.165) is 42.0 Å². The molecule has 1 fully saturated rings. The van der Waals surface area contributed by atoms with Crippen LogP contribution >= 0.6 is 0 Å². The lowest BCUT2D eigenvalue weighted by Crippen LogP contribution is -2.41. The summed E-state index contributed by atoms with van der Waals surface area (Å²) >= 11 is 0. The van der Waals surface area contributed by atoms with Crippen LogP contribution in [0.4, 0.5) is 11.6 Å². The maximum atomic E-state index is 12.8. The number of nitrogens with zero attached hydrogens (tertiary/aromatic N) is 3. The predicted molar refractivity (Wildman–Crippen MR) is 119 cm³/mol. The number of aryl methyl sites for hydroxylation is 1. The van der Waals surface area contributed by atoms with E-state index in [1.807, 2.05) is 36.7 Å². The summed E-state index contributed by atoms with van der Waals surface area (Å²) in [6, 6.07) is 15.7. The van der Waals surface area contributed by atoms with Crippen molar-refractivity contribution in [3.63, 3.8) is 0 Å². The molecule has 1 N–H and O–H groups in total. The molecule has 0 saturated carbocycles. The molecule has 1 aliphatic rings. The van der Waals surface area contributed by atoms with Gasteiger partial charge in [-0.25, -0.2) is 9.97 Å². The molecule has 0 spiro atoms. The van der Waals surface area contributed by atoms with Crippen LogP contribution in [0.1, 0.15) is 18.4 Å². The van der Waals surface area contributed by atoms with Crippen molar-refractivity contribution < 1.29 is 9.53 Å². The SMILES string of the molecule is COc1cccc(NC(=O)[C@H]2CCCN(c3ncc(-c4ccc(C)cc4)cn3)C2)c1. The highest BCUT2D eigenvalue weighted by atomic mass is 16.5. The maximum absolute atomic E-state index is 12.8. The molecule has 1 saturated heterocycles. The molecule has 4 rings (SSSR count). The second-order valence-corrected chi connectivity index (χ2v) is 7.64. The molecule has 2 heterocycles. The van der Waals surface area contributed by atoms with Crippen LogP contribution in [-0.2, 0) is 4.79 Å². The highest BCUT2D eigenvalue weighted by Gasteiger charge is 2.27. The third-order valence-corrected chi connectivity index (χ3v) is 5.44. The number of methoxy groups -OCH3 is 1. The Labute approximate surface area is 176 Å². The fourth-order valence-corrected chi connectivity index (χ4v) is 3.70. The van der Waals surface area contributed by atoms with Crippen LogP contribution in [0.15, 0.2) is 60.9 Å². The number of aromatic nitrogens is 2. The van der Waals surface area contributed by atoms with Gasteiger partial charge in [-0.2, -0.15) is 0 Å². The number of nitrogens with one attached hydrogen (secondary N) is 1. The Bertz CT molecular complexity index is 1000. The number of carbonyl (C=O) groups is 1. The summed E-state index contributed by atoms with van der Waals surface area (Å²) in [7, 11) is 1.62. The van der Waals surface area contributed by atoms with Gasteiger partial charge < -0.3 is 15.0 Å². The molecule has 0 radical (unpaired) electrons. The largest absolute Gasteiger partial charge is 0.497 e. The lowest BCUT2D eigenvalue weighted by Gasteiger charge is -2.32. The summed E-state index contributed by atoms with van der Waals surface area (Å²) in [5.41, 5.74) is 4.06. The first-order valence-electron chi connectivity index (χ1n) is 10.2. The van der Waals surface area contributed by atoms with Crippen molar-refractivity contribution in [3.8, 4) is 16.9 Å². The first-order valence-corrected chi connectivity index (χ1v) is 10.2. The summed E-state index contributed by atoms with van der Waals surface area (Å²) in [5.74, 6) is 1.31. The van der Waals surface area contributed by atoms with Gasteiger partial charge in [-0.1, -0.05) is 35.9 Å². The molecule has 1 amide bonds. The minimum absolute atomic E-state index is 0.0178. The lowest BCUT2D eigenvalue weighted by atomic mass is 9.97. The van der Waals surface area contributed by atoms with Crippen LogP contribution in [0.25, 0.3) is 11.1 Å². The van der Waals surface area contributed by atoms with Crippen LogP contribution in [0.3, 0.4) is 0 Å². The number of hydrogen-bond acceptors (Lipinski definition) is 5. The zero-order valence-corrected chi connectivity index (χ0v) is 17.3. The Morgan fingerprint density at radius 2 is 1.87 bits per heavy atom. The van der Waals surface area contributed by atoms with Crippen molar-refractivity contribution in [2.24, 2.45) is 5.92 Å². The van der Waals surface area contributed by atoms with E-state index in [1.165, 1.54) is 5.56 Å². The van der Waals surface area contributed by atoms with Gasteiger partial charge in [-0.05, 0) is 37.5 Å². The third kappa shape index (κ3) is 4.59. The maximum Gasteiger partial charge on any atom is 0.229 e. The minimum atomic E-state index is -0.106. The summed E-state index contributed by atoms with van der Waals surface area (Å²) in [6.07, 6.45) is 5.49. The van der Waals surface area contributed by atoms with Gasteiger partial charge in [0.05, 0.1) is 13.0 Å². The molecule has 6 heteroatoms. The molecule has 1 aliphatic heterocycles. The van der Waals surface area contributed by atoms with Gasteiger partial charge in [0.2, 0.25) is 11.9 Å². The fourth-order valence-electron chi connectivity index (χ4n) is 3.70. The van der Waals surface area contributed by atoms with Crippen LogP contribution in [-0.4, -0.2) is 36.1 Å². The number of ether oxygens (including phenoxy) is 1. The molecular weight excluding hydrogens is 376 g/mol. The Balaban J connectivity index is 1.41. The molecule has 154 valence electrons. The van der Waals surface area contributed by atoms with Gasteiger partial charge in [-0.3, -0.25) is 4.79 Å². The summed E-state index contributed by atoms with van der Waals surface area (Å²) < 4.78 is 5.23. The number of benzene rings is 2. The predicted octanol–water partition coefficient (Wildman–Crippen LogP) is 4.32. The molecule has 1 aromatic heterocycles. The third-order valence-electron chi connectivity index (χ3n) is 5.44. The van der Waals surface area contributed by atoms with Gasteiger partial charge in [0.25, 0.3) is 0 Å². The van der Waals surface area contributed by atoms with Crippen molar-refractivity contribution in [1.29, 1.82) is 0 Å². The number of rotatable bonds is 5. The van der Waals surface area contributed by atoms with Crippen molar-refractivity contribution in [2.45, 2.75) is 19.8 Å². The molecule has 6 nitrogen and oxygen atoms in total. The zero-order chi connectivity index (χ0) is 20.9. The quantitative estimate of drug-likeness (QED) is 0.689. The lowest BCUT2D eigenvalue weighted by molar-refractivity contribution is -0.120. The van der Waals surface area contributed by atoms with E-state index in [-0.39, 0.29) is 11.8 Å². The van der Waals surface area contributed by atoms with Crippen molar-refractivity contribution in [1.82, 2.24) is 9.97 Å². The molecule has 3 aromatic rings. The molecular formula is C24H26N4O2. The molecule has 0 bridgehead atoms. The molecule has 0 aliphatic carbocycles. The Hall–Kier alpha value is -3.41. The minimum Gasteiger partial charge on any atom is -0.497 e. The highest BCUT2D eigenvalue weighted by Crippen LogP contribution is 2.24. The Kier molecular flexibility index (Phi) is 5.93. The Morgan fingerprint density at radius 1 is 1.10 bits per heavy atom. The van der Waals surface area contributed by atoms with Gasteiger partial charge in [0.15, 0.2) is 0 Å². The Morgan fingerprint density at radius 3 is 2.60 bits per heavy atom. The van der Waals surface area contributed by atoms with Gasteiger partial charge in [0, 0.05) is 42.8 Å². The summed E-state index contributed by atoms with van der Waals surface area (Å²) in [6.45, 7) is 3.53. The van der Waals surface area contributed by atoms with E-state index in [1.54, 1.807) is 7.11 Å². The van der Waals surface area contributed by atoms with E-state index in [0.29, 0.717) is 12.5 Å². The van der Waals surface area contributed by atoms with Crippen molar-refractivity contribution in [2.75, 3.05) is 30.4 Å². The normalized spacial score (nSPS) is 16.2. The average molecular weight is 402 g/mol. The molecule has 2 aromatic carbocycles. The summed E-state index contributed by atoms with van der Waals surface area (Å²) in [5, 5.41) is 3.01. The summed E-state index contributed by atoms with van der Waals surface area (Å²) in [4.78, 5) is 24.0. The van der Waals surface area contributed by atoms with E-state index >= 15 is 0 Å². The molecule has 0 unspecified atom stereocenters. The number of carbonyl (C=O) groups excluding carboxylic acids is 1. The van der Waals surface area contributed by atoms with Crippen LogP contribution in [0.2, 0.25) is 0 Å². The van der Waals surface area contributed by atoms with Crippen molar-refractivity contribution >= 4 is 17.5 Å². The van der Waals surface area contributed by atoms with Gasteiger partial charge >= 0.3 is 0 Å². The van der Waals surface area contributed by atoms with E-state index in [9.17, 15) is 4.79 Å². The zero-order valence-electron chi connectivity index (χ0n) is 17.3. The van der Waals surface area contributed by atoms with Gasteiger partial charge in [0.1, 0.15) is 5.75 Å². The average Bonchev–Trinajstić information content (AvgIpc) is 2.80. The molecule has 1 atom stereocenters. The second-order valence-electron chi connectivity index (χ2n) is 7.64. The van der Waals surface area contributed by atoms with Crippen molar-refractivity contribution in [3.05, 3.63) is 66.5 Å². The van der Waals surface area contributed by atoms with Crippen LogP contribution < -0.4 is 15.0 Å². The number of amides is 1. The van der Waals surface area contributed by atoms with Crippen LogP contribution in [0.5, 0.6) is 5.75 Å². The second kappa shape index (κ2) is 8.95. The first kappa shape index (κ1) is 19.9. The topological polar surface area (TPSA) is 67.3 Å². The van der Waals surface area contributed by atoms with E-state index in [4.69, 9.17) is 4.74 Å². The monoisotopic (exact) mass is 402 g/mol. The van der Waals surface area contributed by atoms with E-state index < -0.39 is 0 Å². The van der Waals surface area contributed by atoms with Gasteiger partial charge in [-0.15, -0.1) is 0 Å². The number of hydrogen-bond donors (Lipinski definition) is 1. The smallest absolute Gasteiger partial charge is 0.229 e. The molecule has 30 heavy (non-hydrogen) atoms. The highest BCUT2D eigenvalue weighted by molar-refractivity contribution is 5.93. The van der Waals surface area contributed by atoms with E-state index in [2.05, 4.69) is 51.4 Å². The van der Waals surface area contributed by atoms with Crippen LogP contribution in [0, 0.1) is 12.8 Å². The first-order chi connectivity index (χ1) is 14.6. The fraction of sp³-hybridized carbons (Fsp3) is 0.292.